The smallest absolute Gasteiger partial charge is 0.326 e. The van der Waals surface area contributed by atoms with Gasteiger partial charge in [0.2, 0.25) is 0 Å². The van der Waals surface area contributed by atoms with Crippen LogP contribution in [0.15, 0.2) is 0 Å². The molecule has 2 amide bonds. The Hall–Kier alpha value is -0.910. The Labute approximate surface area is 125 Å². The van der Waals surface area contributed by atoms with Gasteiger partial charge in [0.1, 0.15) is 6.04 Å². The molecular weight excluding hydrogens is 276 g/mol. The summed E-state index contributed by atoms with van der Waals surface area (Å²) in [7, 11) is 0. The first-order chi connectivity index (χ1) is 9.45. The minimum atomic E-state index is -0.954. The highest BCUT2D eigenvalue weighted by Crippen LogP contribution is 2.24. The maximum Gasteiger partial charge on any atom is 0.326 e. The molecule has 0 radical (unpaired) electrons. The van der Waals surface area contributed by atoms with Gasteiger partial charge in [0.15, 0.2) is 0 Å². The Morgan fingerprint density at radius 1 is 1.35 bits per heavy atom. The van der Waals surface area contributed by atoms with Crippen molar-refractivity contribution in [1.82, 2.24) is 10.2 Å². The number of rotatable bonds is 6. The Balaban J connectivity index is 2.43. The van der Waals surface area contributed by atoms with Crippen LogP contribution in [-0.4, -0.2) is 53.1 Å². The van der Waals surface area contributed by atoms with Crippen LogP contribution in [0.25, 0.3) is 0 Å². The lowest BCUT2D eigenvalue weighted by Crippen LogP contribution is -2.50. The SMILES string of the molecule is CSCC[C@H](NC(=O)N1CCC(C(C)C)CC1)C(=O)O. The van der Waals surface area contributed by atoms with Crippen molar-refractivity contribution in [2.75, 3.05) is 25.1 Å². The maximum atomic E-state index is 12.1. The zero-order valence-corrected chi connectivity index (χ0v) is 13.4. The monoisotopic (exact) mass is 302 g/mol. The number of hydrogen-bond donors (Lipinski definition) is 2. The minimum Gasteiger partial charge on any atom is -0.480 e. The van der Waals surface area contributed by atoms with E-state index in [2.05, 4.69) is 19.2 Å². The zero-order chi connectivity index (χ0) is 15.1. The summed E-state index contributed by atoms with van der Waals surface area (Å²) in [5.74, 6) is 1.09. The summed E-state index contributed by atoms with van der Waals surface area (Å²) in [6.45, 7) is 5.87. The van der Waals surface area contributed by atoms with Gasteiger partial charge in [0.25, 0.3) is 0 Å². The van der Waals surface area contributed by atoms with Crippen LogP contribution in [0.4, 0.5) is 4.79 Å². The highest BCUT2D eigenvalue weighted by atomic mass is 32.2. The van der Waals surface area contributed by atoms with Crippen molar-refractivity contribution in [3.63, 3.8) is 0 Å². The van der Waals surface area contributed by atoms with E-state index in [0.717, 1.165) is 31.7 Å². The fraction of sp³-hybridized carbons (Fsp3) is 0.857. The number of nitrogens with one attached hydrogen (secondary N) is 1. The maximum absolute atomic E-state index is 12.1. The number of carboxylic acids is 1. The standard InChI is InChI=1S/C14H26N2O3S/c1-10(2)11-4-7-16(8-5-11)14(19)15-12(13(17)18)6-9-20-3/h10-12H,4-9H2,1-3H3,(H,15,19)(H,17,18)/t12-/m0/s1. The van der Waals surface area contributed by atoms with Crippen LogP contribution >= 0.6 is 11.8 Å². The molecule has 1 aliphatic rings. The molecule has 0 bridgehead atoms. The molecular formula is C14H26N2O3S. The van der Waals surface area contributed by atoms with E-state index in [0.29, 0.717) is 18.3 Å². The number of aliphatic carboxylic acids is 1. The van der Waals surface area contributed by atoms with Gasteiger partial charge in [-0.15, -0.1) is 0 Å². The second-order valence-corrected chi connectivity index (χ2v) is 6.68. The van der Waals surface area contributed by atoms with Gasteiger partial charge in [-0.3, -0.25) is 0 Å². The molecule has 116 valence electrons. The van der Waals surface area contributed by atoms with E-state index < -0.39 is 12.0 Å². The molecule has 0 aromatic carbocycles. The number of carbonyl (C=O) groups excluding carboxylic acids is 1. The van der Waals surface area contributed by atoms with E-state index in [1.54, 1.807) is 16.7 Å². The number of carboxylic acid groups (broad SMARTS) is 1. The molecule has 0 aliphatic carbocycles. The van der Waals surface area contributed by atoms with Gasteiger partial charge in [-0.1, -0.05) is 13.8 Å². The molecule has 0 aromatic rings. The van der Waals surface area contributed by atoms with Crippen molar-refractivity contribution in [1.29, 1.82) is 0 Å². The average molecular weight is 302 g/mol. The second-order valence-electron chi connectivity index (χ2n) is 5.69. The molecule has 1 aliphatic heterocycles. The van der Waals surface area contributed by atoms with Crippen LogP contribution in [-0.2, 0) is 4.79 Å². The number of amides is 2. The van der Waals surface area contributed by atoms with Crippen LogP contribution in [0.1, 0.15) is 33.1 Å². The largest absolute Gasteiger partial charge is 0.480 e. The van der Waals surface area contributed by atoms with Gasteiger partial charge in [-0.05, 0) is 43.1 Å². The molecule has 0 aromatic heterocycles. The van der Waals surface area contributed by atoms with E-state index in [1.807, 2.05) is 6.26 Å². The van der Waals surface area contributed by atoms with Crippen molar-refractivity contribution in [2.45, 2.75) is 39.2 Å². The van der Waals surface area contributed by atoms with Crippen molar-refractivity contribution in [3.8, 4) is 0 Å². The molecule has 1 rings (SSSR count). The first-order valence-corrected chi connectivity index (χ1v) is 8.62. The van der Waals surface area contributed by atoms with Crippen LogP contribution in [0.5, 0.6) is 0 Å². The van der Waals surface area contributed by atoms with Gasteiger partial charge in [-0.25, -0.2) is 9.59 Å². The first kappa shape index (κ1) is 17.1. The van der Waals surface area contributed by atoms with Crippen molar-refractivity contribution in [2.24, 2.45) is 11.8 Å². The Kier molecular flexibility index (Phi) is 7.19. The normalized spacial score (nSPS) is 18.1. The van der Waals surface area contributed by atoms with Gasteiger partial charge in [0.05, 0.1) is 0 Å². The Morgan fingerprint density at radius 3 is 2.40 bits per heavy atom. The highest BCUT2D eigenvalue weighted by Gasteiger charge is 2.27. The molecule has 1 saturated heterocycles. The summed E-state index contributed by atoms with van der Waals surface area (Å²) in [4.78, 5) is 25.0. The number of thioether (sulfide) groups is 1. The molecule has 0 saturated carbocycles. The van der Waals surface area contributed by atoms with Crippen molar-refractivity contribution < 1.29 is 14.7 Å². The molecule has 6 heteroatoms. The molecule has 1 atom stereocenters. The van der Waals surface area contributed by atoms with Crippen LogP contribution in [0.2, 0.25) is 0 Å². The third-order valence-corrected chi connectivity index (χ3v) is 4.62. The molecule has 1 fully saturated rings. The van der Waals surface area contributed by atoms with Gasteiger partial charge >= 0.3 is 12.0 Å². The molecule has 20 heavy (non-hydrogen) atoms. The zero-order valence-electron chi connectivity index (χ0n) is 12.6. The lowest BCUT2D eigenvalue weighted by molar-refractivity contribution is -0.139. The van der Waals surface area contributed by atoms with E-state index >= 15 is 0 Å². The summed E-state index contributed by atoms with van der Waals surface area (Å²) in [6, 6.07) is -1.02. The van der Waals surface area contributed by atoms with Crippen molar-refractivity contribution >= 4 is 23.8 Å². The van der Waals surface area contributed by atoms with Crippen LogP contribution < -0.4 is 5.32 Å². The third kappa shape index (κ3) is 5.23. The predicted octanol–water partition coefficient (Wildman–Crippen LogP) is 2.27. The topological polar surface area (TPSA) is 69.6 Å². The van der Waals surface area contributed by atoms with E-state index in [-0.39, 0.29) is 6.03 Å². The number of nitrogens with zero attached hydrogens (tertiary/aromatic N) is 1. The Bertz CT molecular complexity index is 328. The van der Waals surface area contributed by atoms with E-state index in [4.69, 9.17) is 5.11 Å². The fourth-order valence-electron chi connectivity index (χ4n) is 2.50. The number of urea groups is 1. The summed E-state index contributed by atoms with van der Waals surface area (Å²) in [6.07, 6.45) is 4.41. The van der Waals surface area contributed by atoms with Crippen LogP contribution in [0, 0.1) is 11.8 Å². The number of carbonyl (C=O) groups is 2. The van der Waals surface area contributed by atoms with Gasteiger partial charge < -0.3 is 15.3 Å². The molecule has 5 nitrogen and oxygen atoms in total. The summed E-state index contributed by atoms with van der Waals surface area (Å²) >= 11 is 1.59. The molecule has 1 heterocycles. The minimum absolute atomic E-state index is 0.235. The van der Waals surface area contributed by atoms with E-state index in [1.165, 1.54) is 0 Å². The quantitative estimate of drug-likeness (QED) is 0.789. The number of hydrogen-bond acceptors (Lipinski definition) is 3. The molecule has 2 N–H and O–H groups in total. The van der Waals surface area contributed by atoms with Crippen molar-refractivity contribution in [3.05, 3.63) is 0 Å². The summed E-state index contributed by atoms with van der Waals surface area (Å²) in [5, 5.41) is 11.8. The lowest BCUT2D eigenvalue weighted by Gasteiger charge is -2.34. The summed E-state index contributed by atoms with van der Waals surface area (Å²) in [5.41, 5.74) is 0. The highest BCUT2D eigenvalue weighted by molar-refractivity contribution is 7.98. The van der Waals surface area contributed by atoms with Gasteiger partial charge in [-0.2, -0.15) is 11.8 Å². The van der Waals surface area contributed by atoms with Crippen LogP contribution in [0.3, 0.4) is 0 Å². The van der Waals surface area contributed by atoms with E-state index in [9.17, 15) is 9.59 Å². The fourth-order valence-corrected chi connectivity index (χ4v) is 2.97. The predicted molar refractivity (Wildman–Crippen MR) is 82.1 cm³/mol. The average Bonchev–Trinajstić information content (AvgIpc) is 2.42. The lowest BCUT2D eigenvalue weighted by atomic mass is 9.87. The molecule has 0 unspecified atom stereocenters. The number of likely N-dealkylation sites (tertiary alicyclic amines) is 1. The first-order valence-electron chi connectivity index (χ1n) is 7.22. The van der Waals surface area contributed by atoms with Gasteiger partial charge in [0, 0.05) is 13.1 Å². The second kappa shape index (κ2) is 8.39. The third-order valence-electron chi connectivity index (χ3n) is 3.98. The summed E-state index contributed by atoms with van der Waals surface area (Å²) < 4.78 is 0. The Morgan fingerprint density at radius 2 is 1.95 bits per heavy atom. The molecule has 0 spiro atoms. The number of piperidine rings is 1.